The summed E-state index contributed by atoms with van der Waals surface area (Å²) in [6.45, 7) is 11.5. The quantitative estimate of drug-likeness (QED) is 0.640. The van der Waals surface area contributed by atoms with Gasteiger partial charge in [-0.05, 0) is 32.7 Å². The molecule has 0 fully saturated rings. The summed E-state index contributed by atoms with van der Waals surface area (Å²) in [5.41, 5.74) is 0. The molecule has 1 atom stereocenters. The van der Waals surface area contributed by atoms with E-state index < -0.39 is 0 Å². The van der Waals surface area contributed by atoms with Crippen LogP contribution in [0.15, 0.2) is 0 Å². The molecular weight excluding hydrogens is 214 g/mol. The van der Waals surface area contributed by atoms with Crippen molar-refractivity contribution in [1.29, 1.82) is 0 Å². The zero-order valence-electron chi connectivity index (χ0n) is 8.81. The Morgan fingerprint density at radius 3 is 2.17 bits per heavy atom. The van der Waals surface area contributed by atoms with E-state index in [0.717, 1.165) is 11.2 Å². The first-order chi connectivity index (χ1) is 5.61. The highest BCUT2D eigenvalue weighted by Gasteiger charge is 2.11. The van der Waals surface area contributed by atoms with Crippen LogP contribution in [0.1, 0.15) is 34.1 Å². The van der Waals surface area contributed by atoms with Gasteiger partial charge in [-0.3, -0.25) is 0 Å². The van der Waals surface area contributed by atoms with Crippen molar-refractivity contribution in [3.8, 4) is 0 Å². The zero-order chi connectivity index (χ0) is 9.56. The molecule has 0 rings (SSSR count). The van der Waals surface area contributed by atoms with Gasteiger partial charge < -0.3 is 4.90 Å². The largest absolute Gasteiger partial charge is 0.301 e. The fourth-order valence-electron chi connectivity index (χ4n) is 1.30. The molecule has 0 radical (unpaired) electrons. The van der Waals surface area contributed by atoms with E-state index in [1.807, 2.05) is 0 Å². The predicted octanol–water partition coefficient (Wildman–Crippen LogP) is 3.14. The molecule has 0 aliphatic rings. The van der Waals surface area contributed by atoms with Crippen molar-refractivity contribution in [2.24, 2.45) is 5.92 Å². The van der Waals surface area contributed by atoms with Gasteiger partial charge in [0.05, 0.1) is 0 Å². The molecule has 0 aliphatic heterocycles. The summed E-state index contributed by atoms with van der Waals surface area (Å²) in [7, 11) is 0. The number of rotatable bonds is 6. The van der Waals surface area contributed by atoms with E-state index in [1.54, 1.807) is 0 Å². The molecule has 0 aromatic heterocycles. The maximum absolute atomic E-state index is 3.52. The first-order valence-electron chi connectivity index (χ1n) is 4.91. The summed E-state index contributed by atoms with van der Waals surface area (Å²) in [6, 6.07) is 0.687. The second-order valence-electron chi connectivity index (χ2n) is 3.85. The first kappa shape index (κ1) is 12.4. The molecular formula is C10H22BrN. The lowest BCUT2D eigenvalue weighted by Crippen LogP contribution is -2.35. The van der Waals surface area contributed by atoms with Crippen LogP contribution in [-0.2, 0) is 0 Å². The SMILES string of the molecule is CCCN(CC(C)CBr)C(C)C. The number of hydrogen-bond acceptors (Lipinski definition) is 1. The van der Waals surface area contributed by atoms with Crippen molar-refractivity contribution >= 4 is 15.9 Å². The van der Waals surface area contributed by atoms with Crippen LogP contribution < -0.4 is 0 Å². The monoisotopic (exact) mass is 235 g/mol. The zero-order valence-corrected chi connectivity index (χ0v) is 10.4. The van der Waals surface area contributed by atoms with Crippen LogP contribution in [-0.4, -0.2) is 29.4 Å². The maximum atomic E-state index is 3.52. The lowest BCUT2D eigenvalue weighted by Gasteiger charge is -2.28. The summed E-state index contributed by atoms with van der Waals surface area (Å²) >= 11 is 3.52. The minimum absolute atomic E-state index is 0.687. The fourth-order valence-corrected chi connectivity index (χ4v) is 1.50. The Bertz CT molecular complexity index is 104. The highest BCUT2D eigenvalue weighted by atomic mass is 79.9. The Kier molecular flexibility index (Phi) is 7.16. The van der Waals surface area contributed by atoms with Crippen LogP contribution in [0, 0.1) is 5.92 Å². The Balaban J connectivity index is 3.77. The van der Waals surface area contributed by atoms with E-state index in [0.29, 0.717) is 6.04 Å². The van der Waals surface area contributed by atoms with Gasteiger partial charge in [0.1, 0.15) is 0 Å². The smallest absolute Gasteiger partial charge is 0.00692 e. The molecule has 0 amide bonds. The molecule has 12 heavy (non-hydrogen) atoms. The van der Waals surface area contributed by atoms with Gasteiger partial charge in [0.2, 0.25) is 0 Å². The third-order valence-corrected chi connectivity index (χ3v) is 3.16. The molecule has 2 heteroatoms. The van der Waals surface area contributed by atoms with Gasteiger partial charge in [-0.25, -0.2) is 0 Å². The summed E-state index contributed by atoms with van der Waals surface area (Å²) in [5.74, 6) is 0.763. The van der Waals surface area contributed by atoms with Gasteiger partial charge in [0.15, 0.2) is 0 Å². The van der Waals surface area contributed by atoms with Gasteiger partial charge in [-0.15, -0.1) is 0 Å². The van der Waals surface area contributed by atoms with Crippen molar-refractivity contribution in [2.75, 3.05) is 18.4 Å². The standard InChI is InChI=1S/C10H22BrN/c1-5-6-12(9(2)3)8-10(4)7-11/h9-10H,5-8H2,1-4H3. The average molecular weight is 236 g/mol. The molecule has 0 aromatic rings. The van der Waals surface area contributed by atoms with E-state index in [4.69, 9.17) is 0 Å². The Morgan fingerprint density at radius 1 is 1.25 bits per heavy atom. The van der Waals surface area contributed by atoms with Crippen molar-refractivity contribution in [3.05, 3.63) is 0 Å². The van der Waals surface area contributed by atoms with Crippen LogP contribution in [0.25, 0.3) is 0 Å². The summed E-state index contributed by atoms with van der Waals surface area (Å²) in [4.78, 5) is 2.55. The van der Waals surface area contributed by atoms with E-state index in [-0.39, 0.29) is 0 Å². The second-order valence-corrected chi connectivity index (χ2v) is 4.50. The van der Waals surface area contributed by atoms with E-state index >= 15 is 0 Å². The number of nitrogens with zero attached hydrogens (tertiary/aromatic N) is 1. The fraction of sp³-hybridized carbons (Fsp3) is 1.00. The molecule has 0 heterocycles. The molecule has 74 valence electrons. The normalized spacial score (nSPS) is 14.2. The van der Waals surface area contributed by atoms with Crippen LogP contribution in [0.5, 0.6) is 0 Å². The molecule has 1 nitrogen and oxygen atoms in total. The van der Waals surface area contributed by atoms with Crippen LogP contribution >= 0.6 is 15.9 Å². The summed E-state index contributed by atoms with van der Waals surface area (Å²) < 4.78 is 0. The molecule has 0 saturated carbocycles. The van der Waals surface area contributed by atoms with Crippen LogP contribution in [0.3, 0.4) is 0 Å². The Labute approximate surface area is 85.7 Å². The molecule has 0 spiro atoms. The van der Waals surface area contributed by atoms with Gasteiger partial charge >= 0.3 is 0 Å². The predicted molar refractivity (Wildman–Crippen MR) is 60.0 cm³/mol. The molecule has 0 aliphatic carbocycles. The first-order valence-corrected chi connectivity index (χ1v) is 6.04. The van der Waals surface area contributed by atoms with Gasteiger partial charge in [-0.2, -0.15) is 0 Å². The van der Waals surface area contributed by atoms with Crippen molar-refractivity contribution in [1.82, 2.24) is 4.90 Å². The van der Waals surface area contributed by atoms with Crippen molar-refractivity contribution in [2.45, 2.75) is 40.2 Å². The highest BCUT2D eigenvalue weighted by Crippen LogP contribution is 2.07. The van der Waals surface area contributed by atoms with Gasteiger partial charge in [0.25, 0.3) is 0 Å². The summed E-state index contributed by atoms with van der Waals surface area (Å²) in [5, 5.41) is 1.11. The van der Waals surface area contributed by atoms with Crippen LogP contribution in [0.4, 0.5) is 0 Å². The molecule has 1 unspecified atom stereocenters. The van der Waals surface area contributed by atoms with Crippen molar-refractivity contribution < 1.29 is 0 Å². The topological polar surface area (TPSA) is 3.24 Å². The minimum Gasteiger partial charge on any atom is -0.301 e. The van der Waals surface area contributed by atoms with Gasteiger partial charge in [-0.1, -0.05) is 29.8 Å². The lowest BCUT2D eigenvalue weighted by molar-refractivity contribution is 0.200. The molecule has 0 aromatic carbocycles. The third-order valence-electron chi connectivity index (χ3n) is 2.05. The average Bonchev–Trinajstić information content (AvgIpc) is 2.03. The maximum Gasteiger partial charge on any atom is 0.00692 e. The number of halogens is 1. The van der Waals surface area contributed by atoms with Gasteiger partial charge in [0, 0.05) is 17.9 Å². The van der Waals surface area contributed by atoms with Crippen molar-refractivity contribution in [3.63, 3.8) is 0 Å². The minimum atomic E-state index is 0.687. The summed E-state index contributed by atoms with van der Waals surface area (Å²) in [6.07, 6.45) is 1.26. The molecule has 0 bridgehead atoms. The Hall–Kier alpha value is 0.440. The highest BCUT2D eigenvalue weighted by molar-refractivity contribution is 9.09. The number of alkyl halides is 1. The van der Waals surface area contributed by atoms with E-state index in [2.05, 4.69) is 48.5 Å². The Morgan fingerprint density at radius 2 is 1.83 bits per heavy atom. The van der Waals surface area contributed by atoms with E-state index in [1.165, 1.54) is 19.5 Å². The van der Waals surface area contributed by atoms with E-state index in [9.17, 15) is 0 Å². The lowest BCUT2D eigenvalue weighted by atomic mass is 10.1. The molecule has 0 N–H and O–H groups in total. The third kappa shape index (κ3) is 5.15. The van der Waals surface area contributed by atoms with Crippen LogP contribution in [0.2, 0.25) is 0 Å². The molecule has 0 saturated heterocycles. The second kappa shape index (κ2) is 6.90. The number of hydrogen-bond donors (Lipinski definition) is 0.